The number of hydrogen-bond donors (Lipinski definition) is 3. The fourth-order valence-corrected chi connectivity index (χ4v) is 5.48. The van der Waals surface area contributed by atoms with Crippen molar-refractivity contribution in [2.24, 2.45) is 0 Å². The molecule has 3 N–H and O–H groups in total. The molecule has 1 aromatic carbocycles. The molecule has 0 spiro atoms. The molecule has 6 heteroatoms. The topological polar surface area (TPSA) is 88.0 Å². The van der Waals surface area contributed by atoms with Gasteiger partial charge in [-0.25, -0.2) is 0 Å². The van der Waals surface area contributed by atoms with Gasteiger partial charge in [0.15, 0.2) is 23.4 Å². The van der Waals surface area contributed by atoms with Gasteiger partial charge in [0, 0.05) is 18.0 Å². The highest BCUT2D eigenvalue weighted by molar-refractivity contribution is 5.90. The average Bonchev–Trinajstić information content (AvgIpc) is 2.95. The van der Waals surface area contributed by atoms with E-state index >= 15 is 0 Å². The fraction of sp³-hybridized carbons (Fsp3) is 0.632. The number of aliphatic hydroxyl groups is 2. The Kier molecular flexibility index (Phi) is 3.65. The molecule has 0 saturated heterocycles. The summed E-state index contributed by atoms with van der Waals surface area (Å²) in [4.78, 5) is 12.8. The Bertz CT molecular complexity index is 735. The van der Waals surface area contributed by atoms with Crippen molar-refractivity contribution in [3.8, 4) is 11.5 Å². The van der Waals surface area contributed by atoms with Gasteiger partial charge in [-0.1, -0.05) is 19.4 Å². The molecule has 4 rings (SSSR count). The van der Waals surface area contributed by atoms with E-state index in [-0.39, 0.29) is 18.2 Å². The number of Topliss-reactive ketones (excluding diaryl/α,β-unsaturated/α-hetero) is 1. The lowest BCUT2D eigenvalue weighted by Gasteiger charge is -2.58. The number of ether oxygens (including phenoxy) is 2. The van der Waals surface area contributed by atoms with Crippen molar-refractivity contribution in [3.63, 3.8) is 0 Å². The first-order valence-corrected chi connectivity index (χ1v) is 8.93. The van der Waals surface area contributed by atoms with Crippen LogP contribution in [-0.4, -0.2) is 54.0 Å². The predicted molar refractivity (Wildman–Crippen MR) is 91.1 cm³/mol. The fourth-order valence-electron chi connectivity index (χ4n) is 5.48. The molecule has 1 fully saturated rings. The second-order valence-electron chi connectivity index (χ2n) is 7.41. The van der Waals surface area contributed by atoms with Crippen LogP contribution >= 0.6 is 0 Å². The second kappa shape index (κ2) is 5.43. The molecule has 1 saturated carbocycles. The van der Waals surface area contributed by atoms with E-state index in [1.54, 1.807) is 14.2 Å². The average molecular weight is 347 g/mol. The van der Waals surface area contributed by atoms with Crippen LogP contribution in [0, 0.1) is 0 Å². The number of carbonyl (C=O) groups is 1. The third-order valence-corrected chi connectivity index (χ3v) is 6.41. The zero-order valence-corrected chi connectivity index (χ0v) is 14.8. The van der Waals surface area contributed by atoms with Crippen LogP contribution in [0.3, 0.4) is 0 Å². The van der Waals surface area contributed by atoms with Gasteiger partial charge in [-0.05, 0) is 31.5 Å². The van der Waals surface area contributed by atoms with Gasteiger partial charge in [0.2, 0.25) is 0 Å². The van der Waals surface area contributed by atoms with E-state index in [1.165, 1.54) is 0 Å². The molecular formula is C19H25NO5. The minimum Gasteiger partial charge on any atom is -0.493 e. The molecule has 0 radical (unpaired) electrons. The van der Waals surface area contributed by atoms with E-state index in [1.807, 2.05) is 19.1 Å². The quantitative estimate of drug-likeness (QED) is 0.743. The first kappa shape index (κ1) is 16.8. The van der Waals surface area contributed by atoms with Gasteiger partial charge in [-0.2, -0.15) is 0 Å². The lowest BCUT2D eigenvalue weighted by molar-refractivity contribution is -0.197. The molecule has 0 bridgehead atoms. The van der Waals surface area contributed by atoms with E-state index in [4.69, 9.17) is 9.47 Å². The number of methoxy groups -OCH3 is 1. The number of likely N-dealkylation sites (N-methyl/N-ethyl adjacent to an activating group) is 1. The SMILES string of the molecule is CCC[C@]12c3c4ccc(OC)c3O[C@H]1C(=O)C[C@H](O)[C@@]2(O)[C@H](NC)C4. The summed E-state index contributed by atoms with van der Waals surface area (Å²) in [6, 6.07) is 3.47. The van der Waals surface area contributed by atoms with Gasteiger partial charge in [0.1, 0.15) is 5.60 Å². The molecule has 6 nitrogen and oxygen atoms in total. The van der Waals surface area contributed by atoms with E-state index in [0.717, 1.165) is 17.5 Å². The molecule has 25 heavy (non-hydrogen) atoms. The number of ketones is 1. The van der Waals surface area contributed by atoms with Crippen molar-refractivity contribution in [1.82, 2.24) is 5.32 Å². The molecule has 136 valence electrons. The van der Waals surface area contributed by atoms with Crippen molar-refractivity contribution in [2.45, 2.75) is 61.9 Å². The molecule has 1 heterocycles. The maximum absolute atomic E-state index is 12.8. The zero-order chi connectivity index (χ0) is 18.0. The minimum absolute atomic E-state index is 0.101. The van der Waals surface area contributed by atoms with Crippen LogP contribution in [0.1, 0.15) is 37.3 Å². The van der Waals surface area contributed by atoms with Gasteiger partial charge in [0.05, 0.1) is 18.6 Å². The third kappa shape index (κ3) is 1.77. The van der Waals surface area contributed by atoms with Crippen LogP contribution in [0.5, 0.6) is 11.5 Å². The van der Waals surface area contributed by atoms with Crippen LogP contribution in [0.25, 0.3) is 0 Å². The summed E-state index contributed by atoms with van der Waals surface area (Å²) >= 11 is 0. The van der Waals surface area contributed by atoms with Crippen molar-refractivity contribution < 1.29 is 24.5 Å². The largest absolute Gasteiger partial charge is 0.493 e. The van der Waals surface area contributed by atoms with Crippen molar-refractivity contribution in [1.29, 1.82) is 0 Å². The standard InChI is InChI=1S/C19H25NO5/c1-4-7-18-15-10-5-6-12(24-3)16(15)25-17(18)11(21)9-14(22)19(18,23)13(8-10)20-2/h5-6,13-14,17,20,22-23H,4,7-9H2,1-3H3/t13-,14+,17+,18+,19+/m1/s1. The van der Waals surface area contributed by atoms with Gasteiger partial charge < -0.3 is 25.0 Å². The molecule has 5 atom stereocenters. The van der Waals surface area contributed by atoms with Gasteiger partial charge in [-0.15, -0.1) is 0 Å². The molecule has 0 unspecified atom stereocenters. The number of rotatable bonds is 4. The number of hydrogen-bond acceptors (Lipinski definition) is 6. The zero-order valence-electron chi connectivity index (χ0n) is 14.8. The Hall–Kier alpha value is -1.63. The maximum atomic E-state index is 12.8. The number of nitrogens with one attached hydrogen (secondary N) is 1. The minimum atomic E-state index is -1.47. The summed E-state index contributed by atoms with van der Waals surface area (Å²) in [7, 11) is 3.35. The molecule has 2 aliphatic carbocycles. The highest BCUT2D eigenvalue weighted by Crippen LogP contribution is 2.62. The first-order valence-electron chi connectivity index (χ1n) is 8.93. The van der Waals surface area contributed by atoms with Gasteiger partial charge >= 0.3 is 0 Å². The summed E-state index contributed by atoms with van der Waals surface area (Å²) in [6.07, 6.45) is -0.143. The summed E-state index contributed by atoms with van der Waals surface area (Å²) < 4.78 is 11.6. The van der Waals surface area contributed by atoms with Crippen LogP contribution in [0.15, 0.2) is 12.1 Å². The molecule has 1 aromatic rings. The second-order valence-corrected chi connectivity index (χ2v) is 7.41. The summed E-state index contributed by atoms with van der Waals surface area (Å²) in [6.45, 7) is 2.02. The van der Waals surface area contributed by atoms with Gasteiger partial charge in [-0.3, -0.25) is 4.79 Å². The van der Waals surface area contributed by atoms with E-state index in [2.05, 4.69) is 5.32 Å². The number of aliphatic hydroxyl groups excluding tert-OH is 1. The van der Waals surface area contributed by atoms with Crippen molar-refractivity contribution >= 4 is 5.78 Å². The Morgan fingerprint density at radius 1 is 1.40 bits per heavy atom. The molecule has 1 aliphatic heterocycles. The van der Waals surface area contributed by atoms with E-state index in [9.17, 15) is 15.0 Å². The molecule has 0 amide bonds. The lowest BCUT2D eigenvalue weighted by Crippen LogP contribution is -2.77. The van der Waals surface area contributed by atoms with Gasteiger partial charge in [0.25, 0.3) is 0 Å². The van der Waals surface area contributed by atoms with Crippen LogP contribution < -0.4 is 14.8 Å². The number of benzene rings is 1. The highest BCUT2D eigenvalue weighted by Gasteiger charge is 2.73. The normalized spacial score (nSPS) is 38.3. The Morgan fingerprint density at radius 2 is 2.16 bits per heavy atom. The summed E-state index contributed by atoms with van der Waals surface area (Å²) in [5, 5.41) is 25.8. The molecule has 3 aliphatic rings. The summed E-state index contributed by atoms with van der Waals surface area (Å²) in [5.74, 6) is 0.955. The van der Waals surface area contributed by atoms with E-state index in [0.29, 0.717) is 24.3 Å². The highest BCUT2D eigenvalue weighted by atomic mass is 16.5. The van der Waals surface area contributed by atoms with Crippen LogP contribution in [0.4, 0.5) is 0 Å². The van der Waals surface area contributed by atoms with E-state index < -0.39 is 23.2 Å². The van der Waals surface area contributed by atoms with Crippen LogP contribution in [0.2, 0.25) is 0 Å². The third-order valence-electron chi connectivity index (χ3n) is 6.41. The summed E-state index contributed by atoms with van der Waals surface area (Å²) in [5.41, 5.74) is -0.541. The maximum Gasteiger partial charge on any atom is 0.177 e. The Morgan fingerprint density at radius 3 is 2.80 bits per heavy atom. The molecule has 0 aromatic heterocycles. The van der Waals surface area contributed by atoms with Crippen LogP contribution in [-0.2, 0) is 16.6 Å². The van der Waals surface area contributed by atoms with Crippen molar-refractivity contribution in [2.75, 3.05) is 14.2 Å². The van der Waals surface area contributed by atoms with Crippen molar-refractivity contribution in [3.05, 3.63) is 23.3 Å². The smallest absolute Gasteiger partial charge is 0.177 e. The Balaban J connectivity index is 2.08. The number of carbonyl (C=O) groups excluding carboxylic acids is 1. The lowest BCUT2D eigenvalue weighted by atomic mass is 9.49. The Labute approximate surface area is 147 Å². The molecular weight excluding hydrogens is 322 g/mol. The monoisotopic (exact) mass is 347 g/mol. The predicted octanol–water partition coefficient (Wildman–Crippen LogP) is 0.703. The first-order chi connectivity index (χ1) is 12.0.